The Hall–Kier alpha value is -0.490. The van der Waals surface area contributed by atoms with Crippen LogP contribution in [0.2, 0.25) is 0 Å². The molecule has 0 heterocycles. The summed E-state index contributed by atoms with van der Waals surface area (Å²) in [5, 5.41) is 0.280. The van der Waals surface area contributed by atoms with Crippen LogP contribution < -0.4 is 0 Å². The fraction of sp³-hybridized carbons (Fsp3) is 0.600. The normalized spacial score (nSPS) is 13.1. The van der Waals surface area contributed by atoms with Gasteiger partial charge < -0.3 is 0 Å². The highest BCUT2D eigenvalue weighted by Crippen LogP contribution is 2.19. The summed E-state index contributed by atoms with van der Waals surface area (Å²) in [6.45, 7) is 8.81. The van der Waals surface area contributed by atoms with E-state index in [4.69, 9.17) is 11.6 Å². The second kappa shape index (κ2) is 6.30. The van der Waals surface area contributed by atoms with Crippen molar-refractivity contribution in [3.8, 4) is 0 Å². The number of hydrogen-bond acceptors (Lipinski definition) is 0. The molecule has 0 aliphatic rings. The van der Waals surface area contributed by atoms with Crippen LogP contribution in [0.3, 0.4) is 0 Å². The number of hydrogen-bond donors (Lipinski definition) is 0. The van der Waals surface area contributed by atoms with E-state index in [0.717, 1.165) is 18.8 Å². The first-order chi connectivity index (χ1) is 7.49. The van der Waals surface area contributed by atoms with Crippen molar-refractivity contribution < 1.29 is 0 Å². The van der Waals surface area contributed by atoms with Crippen molar-refractivity contribution in [2.75, 3.05) is 0 Å². The number of halogens is 1. The van der Waals surface area contributed by atoms with Gasteiger partial charge in [0.15, 0.2) is 0 Å². The van der Waals surface area contributed by atoms with Crippen LogP contribution in [0.4, 0.5) is 0 Å². The lowest BCUT2D eigenvalue weighted by atomic mass is 9.98. The van der Waals surface area contributed by atoms with E-state index in [0.29, 0.717) is 0 Å². The average Bonchev–Trinajstić information content (AvgIpc) is 2.20. The predicted molar refractivity (Wildman–Crippen MR) is 73.3 cm³/mol. The molecule has 1 heteroatoms. The van der Waals surface area contributed by atoms with Crippen molar-refractivity contribution in [1.29, 1.82) is 0 Å². The van der Waals surface area contributed by atoms with Gasteiger partial charge in [-0.2, -0.15) is 0 Å². The number of benzene rings is 1. The third-order valence-corrected chi connectivity index (χ3v) is 3.38. The molecule has 1 atom stereocenters. The Morgan fingerprint density at radius 1 is 1.12 bits per heavy atom. The molecule has 0 saturated heterocycles. The number of alkyl halides is 1. The molecule has 0 radical (unpaired) electrons. The highest BCUT2D eigenvalue weighted by molar-refractivity contribution is 6.20. The van der Waals surface area contributed by atoms with Gasteiger partial charge in [0, 0.05) is 5.38 Å². The molecule has 0 aliphatic carbocycles. The van der Waals surface area contributed by atoms with E-state index in [1.54, 1.807) is 0 Å². The van der Waals surface area contributed by atoms with Gasteiger partial charge >= 0.3 is 0 Å². The van der Waals surface area contributed by atoms with Gasteiger partial charge in [-0.15, -0.1) is 11.6 Å². The van der Waals surface area contributed by atoms with Crippen LogP contribution >= 0.6 is 11.6 Å². The topological polar surface area (TPSA) is 0 Å². The van der Waals surface area contributed by atoms with Gasteiger partial charge in [-0.05, 0) is 50.2 Å². The van der Waals surface area contributed by atoms with Crippen molar-refractivity contribution in [2.24, 2.45) is 5.92 Å². The van der Waals surface area contributed by atoms with Crippen molar-refractivity contribution in [1.82, 2.24) is 0 Å². The van der Waals surface area contributed by atoms with E-state index < -0.39 is 0 Å². The fourth-order valence-electron chi connectivity index (χ4n) is 1.88. The standard InChI is InChI=1S/C15H23Cl/c1-11(2)5-8-15(16)10-14-9-12(3)6-7-13(14)4/h6-7,9,11,15H,5,8,10H2,1-4H3. The van der Waals surface area contributed by atoms with Crippen LogP contribution in [0.1, 0.15) is 43.4 Å². The molecule has 0 bridgehead atoms. The largest absolute Gasteiger partial charge is 0.123 e. The molecule has 0 aliphatic heterocycles. The van der Waals surface area contributed by atoms with E-state index in [9.17, 15) is 0 Å². The summed E-state index contributed by atoms with van der Waals surface area (Å²) in [7, 11) is 0. The van der Waals surface area contributed by atoms with Crippen LogP contribution in [0, 0.1) is 19.8 Å². The monoisotopic (exact) mass is 238 g/mol. The van der Waals surface area contributed by atoms with Crippen LogP contribution in [0.5, 0.6) is 0 Å². The van der Waals surface area contributed by atoms with E-state index in [-0.39, 0.29) is 5.38 Å². The molecule has 0 saturated carbocycles. The maximum Gasteiger partial charge on any atom is 0.0376 e. The van der Waals surface area contributed by atoms with Gasteiger partial charge in [0.2, 0.25) is 0 Å². The lowest BCUT2D eigenvalue weighted by molar-refractivity contribution is 0.541. The molecule has 1 aromatic carbocycles. The SMILES string of the molecule is Cc1ccc(C)c(CC(Cl)CCC(C)C)c1. The molecule has 0 aromatic heterocycles. The summed E-state index contributed by atoms with van der Waals surface area (Å²) in [6, 6.07) is 6.62. The molecule has 0 nitrogen and oxygen atoms in total. The maximum absolute atomic E-state index is 6.38. The highest BCUT2D eigenvalue weighted by atomic mass is 35.5. The Morgan fingerprint density at radius 2 is 1.81 bits per heavy atom. The Bertz CT molecular complexity index is 328. The first kappa shape index (κ1) is 13.6. The minimum atomic E-state index is 0.280. The first-order valence-electron chi connectivity index (χ1n) is 6.19. The van der Waals surface area contributed by atoms with Crippen molar-refractivity contribution in [3.63, 3.8) is 0 Å². The molecular formula is C15H23Cl. The number of aryl methyl sites for hydroxylation is 2. The van der Waals surface area contributed by atoms with Gasteiger partial charge in [0.05, 0.1) is 0 Å². The predicted octanol–water partition coefficient (Wildman–Crippen LogP) is 4.89. The Balaban J connectivity index is 2.55. The van der Waals surface area contributed by atoms with Crippen molar-refractivity contribution in [2.45, 2.75) is 52.3 Å². The van der Waals surface area contributed by atoms with E-state index >= 15 is 0 Å². The van der Waals surface area contributed by atoms with Crippen LogP contribution in [0.15, 0.2) is 18.2 Å². The number of rotatable bonds is 5. The summed E-state index contributed by atoms with van der Waals surface area (Å²) in [6.07, 6.45) is 3.34. The summed E-state index contributed by atoms with van der Waals surface area (Å²) in [5.41, 5.74) is 4.10. The van der Waals surface area contributed by atoms with E-state index in [1.165, 1.54) is 23.1 Å². The molecule has 0 amide bonds. The average molecular weight is 239 g/mol. The minimum absolute atomic E-state index is 0.280. The second-order valence-electron chi connectivity index (χ2n) is 5.20. The van der Waals surface area contributed by atoms with Crippen LogP contribution in [-0.2, 0) is 6.42 Å². The van der Waals surface area contributed by atoms with Crippen LogP contribution in [-0.4, -0.2) is 5.38 Å². The van der Waals surface area contributed by atoms with Crippen molar-refractivity contribution in [3.05, 3.63) is 34.9 Å². The quantitative estimate of drug-likeness (QED) is 0.641. The first-order valence-corrected chi connectivity index (χ1v) is 6.63. The van der Waals surface area contributed by atoms with Gasteiger partial charge in [-0.1, -0.05) is 37.6 Å². The summed E-state index contributed by atoms with van der Waals surface area (Å²) in [4.78, 5) is 0. The lowest BCUT2D eigenvalue weighted by Gasteiger charge is -2.13. The fourth-order valence-corrected chi connectivity index (χ4v) is 2.17. The van der Waals surface area contributed by atoms with Gasteiger partial charge in [0.25, 0.3) is 0 Å². The molecule has 1 unspecified atom stereocenters. The zero-order valence-electron chi connectivity index (χ0n) is 10.9. The zero-order valence-corrected chi connectivity index (χ0v) is 11.6. The molecule has 16 heavy (non-hydrogen) atoms. The smallest absolute Gasteiger partial charge is 0.0376 e. The molecule has 0 fully saturated rings. The highest BCUT2D eigenvalue weighted by Gasteiger charge is 2.09. The van der Waals surface area contributed by atoms with Crippen molar-refractivity contribution >= 4 is 11.6 Å². The summed E-state index contributed by atoms with van der Waals surface area (Å²) in [5.74, 6) is 0.750. The maximum atomic E-state index is 6.38. The molecular weight excluding hydrogens is 216 g/mol. The van der Waals surface area contributed by atoms with Crippen LogP contribution in [0.25, 0.3) is 0 Å². The summed E-state index contributed by atoms with van der Waals surface area (Å²) >= 11 is 6.38. The molecule has 90 valence electrons. The van der Waals surface area contributed by atoms with E-state index in [2.05, 4.69) is 45.9 Å². The van der Waals surface area contributed by atoms with E-state index in [1.807, 2.05) is 0 Å². The molecule has 0 spiro atoms. The third-order valence-electron chi connectivity index (χ3n) is 3.00. The summed E-state index contributed by atoms with van der Waals surface area (Å²) < 4.78 is 0. The lowest BCUT2D eigenvalue weighted by Crippen LogP contribution is -2.06. The molecule has 1 aromatic rings. The Labute approximate surface area is 105 Å². The Morgan fingerprint density at radius 3 is 2.44 bits per heavy atom. The van der Waals surface area contributed by atoms with Gasteiger partial charge in [-0.25, -0.2) is 0 Å². The van der Waals surface area contributed by atoms with Gasteiger partial charge in [0.1, 0.15) is 0 Å². The second-order valence-corrected chi connectivity index (χ2v) is 5.82. The zero-order chi connectivity index (χ0) is 12.1. The molecule has 1 rings (SSSR count). The van der Waals surface area contributed by atoms with Gasteiger partial charge in [-0.3, -0.25) is 0 Å². The Kier molecular flexibility index (Phi) is 5.34. The molecule has 0 N–H and O–H groups in total. The minimum Gasteiger partial charge on any atom is -0.123 e. The third kappa shape index (κ3) is 4.57.